The SMILES string of the molecule is COc1ccc([C@@H]2CNC(=O)[C@@H](Cc3cccc(C)c3)C2)cc1OC1CCCC1. The van der Waals surface area contributed by atoms with Crippen LogP contribution in [0, 0.1) is 12.8 Å². The van der Waals surface area contributed by atoms with Gasteiger partial charge in [-0.3, -0.25) is 4.79 Å². The smallest absolute Gasteiger partial charge is 0.223 e. The third-order valence-corrected chi connectivity index (χ3v) is 6.28. The summed E-state index contributed by atoms with van der Waals surface area (Å²) in [4.78, 5) is 12.5. The Morgan fingerprint density at radius 1 is 1.07 bits per heavy atom. The molecule has 2 aromatic carbocycles. The lowest BCUT2D eigenvalue weighted by Gasteiger charge is -2.30. The van der Waals surface area contributed by atoms with E-state index in [-0.39, 0.29) is 11.8 Å². The zero-order valence-electron chi connectivity index (χ0n) is 17.4. The number of amides is 1. The number of hydrogen-bond donors (Lipinski definition) is 1. The molecule has 2 fully saturated rings. The van der Waals surface area contributed by atoms with Crippen LogP contribution in [0.25, 0.3) is 0 Å². The van der Waals surface area contributed by atoms with Crippen LogP contribution < -0.4 is 14.8 Å². The Morgan fingerprint density at radius 3 is 2.66 bits per heavy atom. The van der Waals surface area contributed by atoms with Crippen molar-refractivity contribution in [3.8, 4) is 11.5 Å². The van der Waals surface area contributed by atoms with E-state index in [4.69, 9.17) is 9.47 Å². The zero-order valence-corrected chi connectivity index (χ0v) is 17.4. The summed E-state index contributed by atoms with van der Waals surface area (Å²) in [5, 5.41) is 3.13. The van der Waals surface area contributed by atoms with E-state index in [2.05, 4.69) is 48.6 Å². The second-order valence-electron chi connectivity index (χ2n) is 8.50. The predicted octanol–water partition coefficient (Wildman–Crippen LogP) is 4.79. The molecule has 1 saturated heterocycles. The number of piperidine rings is 1. The Hall–Kier alpha value is -2.49. The van der Waals surface area contributed by atoms with Crippen molar-refractivity contribution in [2.45, 2.75) is 57.5 Å². The summed E-state index contributed by atoms with van der Waals surface area (Å²) in [6, 6.07) is 14.7. The minimum atomic E-state index is -0.00291. The number of methoxy groups -OCH3 is 1. The van der Waals surface area contributed by atoms with E-state index in [9.17, 15) is 4.79 Å². The van der Waals surface area contributed by atoms with Gasteiger partial charge in [0.05, 0.1) is 13.2 Å². The fourth-order valence-corrected chi connectivity index (χ4v) is 4.68. The van der Waals surface area contributed by atoms with Gasteiger partial charge in [0.2, 0.25) is 5.91 Å². The quantitative estimate of drug-likeness (QED) is 0.768. The molecule has 0 radical (unpaired) electrons. The summed E-state index contributed by atoms with van der Waals surface area (Å²) in [5.74, 6) is 2.08. The highest BCUT2D eigenvalue weighted by Crippen LogP contribution is 2.37. The second kappa shape index (κ2) is 8.89. The van der Waals surface area contributed by atoms with Crippen LogP contribution >= 0.6 is 0 Å². The molecule has 0 aromatic heterocycles. The molecule has 1 N–H and O–H groups in total. The molecule has 154 valence electrons. The van der Waals surface area contributed by atoms with Gasteiger partial charge in [0, 0.05) is 18.4 Å². The fraction of sp³-hybridized carbons (Fsp3) is 0.480. The van der Waals surface area contributed by atoms with E-state index in [1.807, 2.05) is 6.07 Å². The molecule has 2 aromatic rings. The molecule has 29 heavy (non-hydrogen) atoms. The highest BCUT2D eigenvalue weighted by atomic mass is 16.5. The van der Waals surface area contributed by atoms with Crippen LogP contribution in [0.5, 0.6) is 11.5 Å². The van der Waals surface area contributed by atoms with Crippen molar-refractivity contribution in [2.75, 3.05) is 13.7 Å². The molecule has 1 aliphatic heterocycles. The monoisotopic (exact) mass is 393 g/mol. The van der Waals surface area contributed by atoms with Gasteiger partial charge in [-0.05, 0) is 68.7 Å². The Kier molecular flexibility index (Phi) is 6.08. The molecule has 2 atom stereocenters. The first-order valence-corrected chi connectivity index (χ1v) is 10.8. The number of rotatable bonds is 6. The molecule has 1 aliphatic carbocycles. The van der Waals surface area contributed by atoms with Crippen molar-refractivity contribution in [1.82, 2.24) is 5.32 Å². The molecule has 1 amide bonds. The first-order valence-electron chi connectivity index (χ1n) is 10.8. The maximum absolute atomic E-state index is 12.5. The Balaban J connectivity index is 1.50. The van der Waals surface area contributed by atoms with Gasteiger partial charge in [0.15, 0.2) is 11.5 Å². The van der Waals surface area contributed by atoms with Gasteiger partial charge in [-0.1, -0.05) is 35.9 Å². The van der Waals surface area contributed by atoms with Crippen LogP contribution in [-0.4, -0.2) is 25.7 Å². The summed E-state index contributed by atoms with van der Waals surface area (Å²) in [6.45, 7) is 2.77. The zero-order chi connectivity index (χ0) is 20.2. The van der Waals surface area contributed by atoms with Gasteiger partial charge < -0.3 is 14.8 Å². The van der Waals surface area contributed by atoms with E-state index in [0.29, 0.717) is 18.6 Å². The lowest BCUT2D eigenvalue weighted by atomic mass is 9.82. The number of hydrogen-bond acceptors (Lipinski definition) is 3. The lowest BCUT2D eigenvalue weighted by molar-refractivity contribution is -0.126. The molecule has 1 heterocycles. The van der Waals surface area contributed by atoms with E-state index in [1.165, 1.54) is 29.5 Å². The molecule has 0 bridgehead atoms. The Labute approximate surface area is 173 Å². The molecular formula is C25H31NO3. The van der Waals surface area contributed by atoms with Gasteiger partial charge in [-0.25, -0.2) is 0 Å². The van der Waals surface area contributed by atoms with E-state index >= 15 is 0 Å². The van der Waals surface area contributed by atoms with Crippen molar-refractivity contribution < 1.29 is 14.3 Å². The Bertz CT molecular complexity index is 857. The normalized spacial score (nSPS) is 22.3. The number of ether oxygens (including phenoxy) is 2. The van der Waals surface area contributed by atoms with Gasteiger partial charge >= 0.3 is 0 Å². The molecule has 4 rings (SSSR count). The highest BCUT2D eigenvalue weighted by molar-refractivity contribution is 5.80. The van der Waals surface area contributed by atoms with Crippen molar-refractivity contribution >= 4 is 5.91 Å². The van der Waals surface area contributed by atoms with Crippen molar-refractivity contribution in [2.24, 2.45) is 5.92 Å². The van der Waals surface area contributed by atoms with E-state index in [0.717, 1.165) is 37.2 Å². The standard InChI is InChI=1S/C25H31NO3/c1-17-6-5-7-18(12-17)13-20-14-21(16-26-25(20)27)19-10-11-23(28-2)24(15-19)29-22-8-3-4-9-22/h5-7,10-12,15,20-22H,3-4,8-9,13-14,16H2,1-2H3,(H,26,27)/t20-,21-/m0/s1. The number of nitrogens with one attached hydrogen (secondary N) is 1. The molecule has 2 aliphatic rings. The van der Waals surface area contributed by atoms with Crippen molar-refractivity contribution in [3.63, 3.8) is 0 Å². The van der Waals surface area contributed by atoms with Crippen LogP contribution in [0.15, 0.2) is 42.5 Å². The highest BCUT2D eigenvalue weighted by Gasteiger charge is 2.30. The molecule has 4 heteroatoms. The first-order chi connectivity index (χ1) is 14.1. The molecule has 4 nitrogen and oxygen atoms in total. The topological polar surface area (TPSA) is 47.6 Å². The lowest BCUT2D eigenvalue weighted by Crippen LogP contribution is -2.41. The summed E-state index contributed by atoms with van der Waals surface area (Å²) < 4.78 is 11.8. The van der Waals surface area contributed by atoms with Crippen LogP contribution in [0.3, 0.4) is 0 Å². The third-order valence-electron chi connectivity index (χ3n) is 6.28. The average Bonchev–Trinajstić information content (AvgIpc) is 3.23. The predicted molar refractivity (Wildman–Crippen MR) is 115 cm³/mol. The largest absolute Gasteiger partial charge is 0.493 e. The van der Waals surface area contributed by atoms with Crippen LogP contribution in [0.4, 0.5) is 0 Å². The average molecular weight is 394 g/mol. The van der Waals surface area contributed by atoms with Gasteiger partial charge in [-0.15, -0.1) is 0 Å². The number of carbonyl (C=O) groups excluding carboxylic acids is 1. The number of carbonyl (C=O) groups is 1. The molecule has 0 unspecified atom stereocenters. The molecule has 0 spiro atoms. The number of benzene rings is 2. The van der Waals surface area contributed by atoms with Crippen molar-refractivity contribution in [3.05, 3.63) is 59.2 Å². The minimum Gasteiger partial charge on any atom is -0.493 e. The van der Waals surface area contributed by atoms with Crippen LogP contribution in [0.1, 0.15) is 54.7 Å². The number of aryl methyl sites for hydroxylation is 1. The summed E-state index contributed by atoms with van der Waals surface area (Å²) in [7, 11) is 1.69. The minimum absolute atomic E-state index is 0.00291. The fourth-order valence-electron chi connectivity index (χ4n) is 4.68. The van der Waals surface area contributed by atoms with Gasteiger partial charge in [0.25, 0.3) is 0 Å². The summed E-state index contributed by atoms with van der Waals surface area (Å²) in [5.41, 5.74) is 3.68. The van der Waals surface area contributed by atoms with Gasteiger partial charge in [0.1, 0.15) is 0 Å². The Morgan fingerprint density at radius 2 is 1.90 bits per heavy atom. The first kappa shape index (κ1) is 19.8. The third kappa shape index (κ3) is 4.75. The summed E-state index contributed by atoms with van der Waals surface area (Å²) in [6.07, 6.45) is 6.64. The van der Waals surface area contributed by atoms with Crippen LogP contribution in [-0.2, 0) is 11.2 Å². The van der Waals surface area contributed by atoms with Crippen LogP contribution in [0.2, 0.25) is 0 Å². The maximum Gasteiger partial charge on any atom is 0.223 e. The van der Waals surface area contributed by atoms with Gasteiger partial charge in [-0.2, -0.15) is 0 Å². The summed E-state index contributed by atoms with van der Waals surface area (Å²) >= 11 is 0. The molecule has 1 saturated carbocycles. The van der Waals surface area contributed by atoms with E-state index in [1.54, 1.807) is 7.11 Å². The van der Waals surface area contributed by atoms with E-state index < -0.39 is 0 Å². The molecular weight excluding hydrogens is 362 g/mol. The maximum atomic E-state index is 12.5. The second-order valence-corrected chi connectivity index (χ2v) is 8.50. The van der Waals surface area contributed by atoms with Crippen molar-refractivity contribution in [1.29, 1.82) is 0 Å².